The summed E-state index contributed by atoms with van der Waals surface area (Å²) >= 11 is 0. The summed E-state index contributed by atoms with van der Waals surface area (Å²) in [5.74, 6) is 0.594. The van der Waals surface area contributed by atoms with Gasteiger partial charge in [-0.3, -0.25) is 0 Å². The van der Waals surface area contributed by atoms with Gasteiger partial charge in [0.05, 0.1) is 0 Å². The van der Waals surface area contributed by atoms with Gasteiger partial charge in [-0.1, -0.05) is 61.5 Å². The molecule has 0 amide bonds. The first-order valence-electron chi connectivity index (χ1n) is 6.62. The van der Waals surface area contributed by atoms with E-state index < -0.39 is 0 Å². The molecule has 0 heterocycles. The fourth-order valence-electron chi connectivity index (χ4n) is 2.18. The highest BCUT2D eigenvalue weighted by molar-refractivity contribution is 5.25. The van der Waals surface area contributed by atoms with Gasteiger partial charge in [0, 0.05) is 6.54 Å². The maximum absolute atomic E-state index is 5.61. The molecular formula is C17H21N. The van der Waals surface area contributed by atoms with Crippen molar-refractivity contribution in [3.8, 4) is 0 Å². The quantitative estimate of drug-likeness (QED) is 0.842. The molecule has 2 N–H and O–H groups in total. The highest BCUT2D eigenvalue weighted by Crippen LogP contribution is 2.21. The first-order valence-corrected chi connectivity index (χ1v) is 6.62. The van der Waals surface area contributed by atoms with E-state index in [1.807, 2.05) is 0 Å². The van der Waals surface area contributed by atoms with Crippen molar-refractivity contribution < 1.29 is 0 Å². The fraction of sp³-hybridized carbons (Fsp3) is 0.294. The first kappa shape index (κ1) is 12.8. The topological polar surface area (TPSA) is 26.0 Å². The van der Waals surface area contributed by atoms with Gasteiger partial charge < -0.3 is 5.73 Å². The Morgan fingerprint density at radius 3 is 2.17 bits per heavy atom. The van der Waals surface area contributed by atoms with Crippen LogP contribution in [0.5, 0.6) is 0 Å². The Kier molecular flexibility index (Phi) is 4.54. The van der Waals surface area contributed by atoms with Gasteiger partial charge in [0.15, 0.2) is 0 Å². The molecule has 1 unspecified atom stereocenters. The van der Waals surface area contributed by atoms with Crippen LogP contribution in [0.2, 0.25) is 0 Å². The Bertz CT molecular complexity index is 459. The van der Waals surface area contributed by atoms with Crippen molar-refractivity contribution >= 4 is 0 Å². The summed E-state index contributed by atoms with van der Waals surface area (Å²) in [6.07, 6.45) is 2.33. The van der Waals surface area contributed by atoms with Crippen LogP contribution in [0.3, 0.4) is 0 Å². The molecule has 2 aromatic rings. The summed E-state index contributed by atoms with van der Waals surface area (Å²) in [7, 11) is 0. The lowest BCUT2D eigenvalue weighted by Gasteiger charge is -2.12. The van der Waals surface area contributed by atoms with Crippen molar-refractivity contribution in [2.75, 3.05) is 0 Å². The van der Waals surface area contributed by atoms with Gasteiger partial charge in [0.25, 0.3) is 0 Å². The molecule has 18 heavy (non-hydrogen) atoms. The van der Waals surface area contributed by atoms with Gasteiger partial charge in [-0.05, 0) is 35.4 Å². The molecule has 0 spiro atoms. The minimum atomic E-state index is 0.594. The molecule has 0 bridgehead atoms. The highest BCUT2D eigenvalue weighted by Gasteiger charge is 2.05. The normalized spacial score (nSPS) is 12.3. The summed E-state index contributed by atoms with van der Waals surface area (Å²) in [4.78, 5) is 0. The van der Waals surface area contributed by atoms with Crippen LogP contribution in [0.15, 0.2) is 54.6 Å². The summed E-state index contributed by atoms with van der Waals surface area (Å²) in [6.45, 7) is 2.92. The molecule has 0 radical (unpaired) electrons. The van der Waals surface area contributed by atoms with Gasteiger partial charge in [-0.15, -0.1) is 0 Å². The van der Waals surface area contributed by atoms with Crippen molar-refractivity contribution in [3.05, 3.63) is 71.3 Å². The standard InChI is InChI=1S/C17H21N/c1-14(7-8-15-5-3-2-4-6-15)17-11-9-16(13-18)10-12-17/h2-6,9-12,14H,7-8,13,18H2,1H3. The van der Waals surface area contributed by atoms with Crippen LogP contribution in [0, 0.1) is 0 Å². The van der Waals surface area contributed by atoms with Crippen LogP contribution >= 0.6 is 0 Å². The zero-order valence-electron chi connectivity index (χ0n) is 11.0. The minimum absolute atomic E-state index is 0.594. The number of rotatable bonds is 5. The van der Waals surface area contributed by atoms with Crippen molar-refractivity contribution in [1.82, 2.24) is 0 Å². The Balaban J connectivity index is 1.93. The van der Waals surface area contributed by atoms with E-state index in [2.05, 4.69) is 61.5 Å². The first-order chi connectivity index (χ1) is 8.79. The number of hydrogen-bond acceptors (Lipinski definition) is 1. The molecule has 1 heteroatoms. The van der Waals surface area contributed by atoms with E-state index >= 15 is 0 Å². The van der Waals surface area contributed by atoms with Crippen molar-refractivity contribution in [2.45, 2.75) is 32.2 Å². The molecule has 0 aliphatic heterocycles. The average molecular weight is 239 g/mol. The van der Waals surface area contributed by atoms with Crippen molar-refractivity contribution in [3.63, 3.8) is 0 Å². The van der Waals surface area contributed by atoms with Gasteiger partial charge >= 0.3 is 0 Å². The lowest BCUT2D eigenvalue weighted by atomic mass is 9.93. The summed E-state index contributed by atoms with van der Waals surface area (Å²) in [5, 5.41) is 0. The summed E-state index contributed by atoms with van der Waals surface area (Å²) < 4.78 is 0. The van der Waals surface area contributed by atoms with E-state index in [0.717, 1.165) is 6.42 Å². The zero-order valence-corrected chi connectivity index (χ0v) is 11.0. The number of benzene rings is 2. The molecule has 2 rings (SSSR count). The molecule has 0 saturated carbocycles. The maximum Gasteiger partial charge on any atom is 0.0178 e. The van der Waals surface area contributed by atoms with Gasteiger partial charge in [0.2, 0.25) is 0 Å². The predicted octanol–water partition coefficient (Wildman–Crippen LogP) is 3.88. The van der Waals surface area contributed by atoms with Crippen LogP contribution in [-0.2, 0) is 13.0 Å². The third-order valence-electron chi connectivity index (χ3n) is 3.49. The summed E-state index contributed by atoms with van der Waals surface area (Å²) in [5.41, 5.74) is 9.64. The molecule has 1 nitrogen and oxygen atoms in total. The van der Waals surface area contributed by atoms with Crippen LogP contribution in [0.25, 0.3) is 0 Å². The van der Waals surface area contributed by atoms with Crippen LogP contribution in [-0.4, -0.2) is 0 Å². The smallest absolute Gasteiger partial charge is 0.0178 e. The molecule has 94 valence electrons. The molecule has 0 aliphatic rings. The maximum atomic E-state index is 5.61. The lowest BCUT2D eigenvalue weighted by molar-refractivity contribution is 0.679. The second kappa shape index (κ2) is 6.36. The zero-order chi connectivity index (χ0) is 12.8. The van der Waals surface area contributed by atoms with Gasteiger partial charge in [-0.2, -0.15) is 0 Å². The van der Waals surface area contributed by atoms with E-state index in [9.17, 15) is 0 Å². The van der Waals surface area contributed by atoms with E-state index in [0.29, 0.717) is 12.5 Å². The Hall–Kier alpha value is -1.60. The van der Waals surface area contributed by atoms with E-state index in [1.165, 1.54) is 23.1 Å². The molecule has 0 saturated heterocycles. The second-order valence-corrected chi connectivity index (χ2v) is 4.87. The molecule has 2 aromatic carbocycles. The van der Waals surface area contributed by atoms with Gasteiger partial charge in [-0.25, -0.2) is 0 Å². The van der Waals surface area contributed by atoms with E-state index in [-0.39, 0.29) is 0 Å². The number of nitrogens with two attached hydrogens (primary N) is 1. The summed E-state index contributed by atoms with van der Waals surface area (Å²) in [6, 6.07) is 19.4. The van der Waals surface area contributed by atoms with Crippen molar-refractivity contribution in [1.29, 1.82) is 0 Å². The van der Waals surface area contributed by atoms with Gasteiger partial charge in [0.1, 0.15) is 0 Å². The largest absolute Gasteiger partial charge is 0.326 e. The SMILES string of the molecule is CC(CCc1ccccc1)c1ccc(CN)cc1. The lowest BCUT2D eigenvalue weighted by Crippen LogP contribution is -1.99. The molecule has 0 aliphatic carbocycles. The Labute approximate surface area is 110 Å². The third kappa shape index (κ3) is 3.44. The average Bonchev–Trinajstić information content (AvgIpc) is 2.46. The highest BCUT2D eigenvalue weighted by atomic mass is 14.5. The Morgan fingerprint density at radius 1 is 0.889 bits per heavy atom. The molecule has 0 aromatic heterocycles. The minimum Gasteiger partial charge on any atom is -0.326 e. The van der Waals surface area contributed by atoms with Crippen molar-refractivity contribution in [2.24, 2.45) is 5.73 Å². The predicted molar refractivity (Wildman–Crippen MR) is 77.5 cm³/mol. The number of hydrogen-bond donors (Lipinski definition) is 1. The second-order valence-electron chi connectivity index (χ2n) is 4.87. The molecular weight excluding hydrogens is 218 g/mol. The van der Waals surface area contributed by atoms with Crippen LogP contribution < -0.4 is 5.73 Å². The molecule has 0 fully saturated rings. The van der Waals surface area contributed by atoms with E-state index in [1.54, 1.807) is 0 Å². The van der Waals surface area contributed by atoms with Crippen LogP contribution in [0.4, 0.5) is 0 Å². The monoisotopic (exact) mass is 239 g/mol. The van der Waals surface area contributed by atoms with Crippen LogP contribution in [0.1, 0.15) is 36.0 Å². The third-order valence-corrected chi connectivity index (χ3v) is 3.49. The number of aryl methyl sites for hydroxylation is 1. The fourth-order valence-corrected chi connectivity index (χ4v) is 2.18. The molecule has 1 atom stereocenters. The Morgan fingerprint density at radius 2 is 1.56 bits per heavy atom. The van der Waals surface area contributed by atoms with E-state index in [4.69, 9.17) is 5.73 Å².